The summed E-state index contributed by atoms with van der Waals surface area (Å²) >= 11 is 6.03. The van der Waals surface area contributed by atoms with Gasteiger partial charge in [0.05, 0.1) is 13.2 Å². The first-order valence-electron chi connectivity index (χ1n) is 12.7. The molecule has 7 heteroatoms. The summed E-state index contributed by atoms with van der Waals surface area (Å²) in [6, 6.07) is 22.2. The molecule has 0 amide bonds. The van der Waals surface area contributed by atoms with Crippen LogP contribution in [0.4, 0.5) is 0 Å². The number of phenols is 2. The Hall–Kier alpha value is -4.49. The van der Waals surface area contributed by atoms with Crippen molar-refractivity contribution in [3.63, 3.8) is 0 Å². The standard InChI is InChI=1S/C17H15ClO3.C17H16O3/c1-11-2-3-12(8-15(11)18)4-6-16(20)13-5-7-17(21)14(9-13)10-19;1-12-2-4-13(5-3-12)6-8-16(19)14-7-9-17(20)15(10-14)11-18/h2-9,19,21H,10H2,1H3;2-10,18,20H,11H2,1H3/b6-4+;8-6+. The molecule has 0 bridgehead atoms. The molecule has 4 N–H and O–H groups in total. The molecular weight excluding hydrogens is 540 g/mol. The molecule has 0 saturated carbocycles. The van der Waals surface area contributed by atoms with Gasteiger partial charge in [0.2, 0.25) is 0 Å². The predicted octanol–water partition coefficient (Wildman–Crippen LogP) is 6.83. The minimum Gasteiger partial charge on any atom is -0.508 e. The zero-order chi connectivity index (χ0) is 29.9. The SMILES string of the molecule is Cc1ccc(/C=C/C(=O)c2ccc(O)c(CO)c2)cc1.Cc1ccc(/C=C/C(=O)c2ccc(O)c(CO)c2)cc1Cl. The van der Waals surface area contributed by atoms with E-state index in [1.165, 1.54) is 54.1 Å². The molecule has 6 nitrogen and oxygen atoms in total. The summed E-state index contributed by atoms with van der Waals surface area (Å²) in [4.78, 5) is 24.1. The van der Waals surface area contributed by atoms with Crippen LogP contribution in [-0.2, 0) is 13.2 Å². The molecule has 0 aliphatic rings. The number of halogens is 1. The summed E-state index contributed by atoms with van der Waals surface area (Å²) in [7, 11) is 0. The number of carbonyl (C=O) groups excluding carboxylic acids is 2. The molecule has 0 aliphatic heterocycles. The van der Waals surface area contributed by atoms with E-state index in [-0.39, 0.29) is 36.3 Å². The van der Waals surface area contributed by atoms with Crippen molar-refractivity contribution in [2.24, 2.45) is 0 Å². The molecule has 0 saturated heterocycles. The average molecular weight is 571 g/mol. The first kappa shape index (κ1) is 31.0. The molecule has 0 aromatic heterocycles. The summed E-state index contributed by atoms with van der Waals surface area (Å²) in [5, 5.41) is 37.7. The fourth-order valence-corrected chi connectivity index (χ4v) is 3.85. The van der Waals surface area contributed by atoms with Crippen molar-refractivity contribution in [3.05, 3.63) is 141 Å². The smallest absolute Gasteiger partial charge is 0.185 e. The molecule has 210 valence electrons. The highest BCUT2D eigenvalue weighted by molar-refractivity contribution is 6.31. The molecule has 4 aromatic carbocycles. The molecule has 41 heavy (non-hydrogen) atoms. The first-order valence-corrected chi connectivity index (χ1v) is 13.1. The van der Waals surface area contributed by atoms with E-state index < -0.39 is 0 Å². The molecule has 0 fully saturated rings. The highest BCUT2D eigenvalue weighted by Crippen LogP contribution is 2.21. The van der Waals surface area contributed by atoms with Gasteiger partial charge in [0.25, 0.3) is 0 Å². The molecule has 0 atom stereocenters. The minimum atomic E-state index is -0.315. The summed E-state index contributed by atoms with van der Waals surface area (Å²) in [5.41, 5.74) is 5.45. The number of aliphatic hydroxyl groups excluding tert-OH is 2. The zero-order valence-electron chi connectivity index (χ0n) is 22.7. The van der Waals surface area contributed by atoms with Crippen LogP contribution in [0.5, 0.6) is 11.5 Å². The Kier molecular flexibility index (Phi) is 11.2. The Bertz CT molecular complexity index is 1590. The van der Waals surface area contributed by atoms with Gasteiger partial charge in [-0.15, -0.1) is 0 Å². The molecule has 0 heterocycles. The maximum Gasteiger partial charge on any atom is 0.185 e. The Morgan fingerprint density at radius 3 is 1.59 bits per heavy atom. The van der Waals surface area contributed by atoms with Gasteiger partial charge in [-0.25, -0.2) is 0 Å². The number of hydrogen-bond acceptors (Lipinski definition) is 6. The predicted molar refractivity (Wildman–Crippen MR) is 162 cm³/mol. The minimum absolute atomic E-state index is 0.00781. The van der Waals surface area contributed by atoms with Crippen LogP contribution < -0.4 is 0 Å². The molecule has 0 radical (unpaired) electrons. The van der Waals surface area contributed by atoms with Gasteiger partial charge in [-0.2, -0.15) is 0 Å². The number of aryl methyl sites for hydroxylation is 2. The Morgan fingerprint density at radius 1 is 0.659 bits per heavy atom. The number of aliphatic hydroxyl groups is 2. The molecule has 4 rings (SSSR count). The Morgan fingerprint density at radius 2 is 1.12 bits per heavy atom. The van der Waals surface area contributed by atoms with Crippen LogP contribution >= 0.6 is 11.6 Å². The second-order valence-corrected chi connectivity index (χ2v) is 9.72. The Balaban J connectivity index is 0.000000226. The van der Waals surface area contributed by atoms with E-state index in [1.807, 2.05) is 50.2 Å². The number of allylic oxidation sites excluding steroid dienone is 2. The van der Waals surface area contributed by atoms with Crippen molar-refractivity contribution >= 4 is 35.3 Å². The van der Waals surface area contributed by atoms with Crippen molar-refractivity contribution in [3.8, 4) is 11.5 Å². The second-order valence-electron chi connectivity index (χ2n) is 9.32. The van der Waals surface area contributed by atoms with Gasteiger partial charge in [-0.05, 0) is 85.2 Å². The first-order chi connectivity index (χ1) is 19.6. The van der Waals surface area contributed by atoms with Crippen LogP contribution in [0.2, 0.25) is 5.02 Å². The van der Waals surface area contributed by atoms with Crippen molar-refractivity contribution in [2.45, 2.75) is 27.1 Å². The van der Waals surface area contributed by atoms with Crippen molar-refractivity contribution < 1.29 is 30.0 Å². The van der Waals surface area contributed by atoms with E-state index in [1.54, 1.807) is 18.2 Å². The number of hydrogen-bond donors (Lipinski definition) is 4. The number of aromatic hydroxyl groups is 2. The average Bonchev–Trinajstić information content (AvgIpc) is 2.98. The monoisotopic (exact) mass is 570 g/mol. The van der Waals surface area contributed by atoms with Gasteiger partial charge < -0.3 is 20.4 Å². The van der Waals surface area contributed by atoms with E-state index in [2.05, 4.69) is 0 Å². The molecule has 4 aromatic rings. The molecule has 0 unspecified atom stereocenters. The van der Waals surface area contributed by atoms with Crippen LogP contribution in [-0.4, -0.2) is 32.0 Å². The van der Waals surface area contributed by atoms with Gasteiger partial charge >= 0.3 is 0 Å². The van der Waals surface area contributed by atoms with Gasteiger partial charge in [0.15, 0.2) is 11.6 Å². The van der Waals surface area contributed by atoms with Crippen molar-refractivity contribution in [2.75, 3.05) is 0 Å². The lowest BCUT2D eigenvalue weighted by molar-refractivity contribution is 0.103. The van der Waals surface area contributed by atoms with Crippen molar-refractivity contribution in [1.29, 1.82) is 0 Å². The van der Waals surface area contributed by atoms with E-state index in [9.17, 15) is 19.8 Å². The highest BCUT2D eigenvalue weighted by Gasteiger charge is 2.08. The summed E-state index contributed by atoms with van der Waals surface area (Å²) < 4.78 is 0. The third-order valence-corrected chi connectivity index (χ3v) is 6.60. The lowest BCUT2D eigenvalue weighted by atomic mass is 10.1. The molecular formula is C34H31ClO6. The van der Waals surface area contributed by atoms with Crippen molar-refractivity contribution in [1.82, 2.24) is 0 Å². The number of rotatable bonds is 8. The topological polar surface area (TPSA) is 115 Å². The van der Waals surface area contributed by atoms with Crippen LogP contribution in [0.1, 0.15) is 54.1 Å². The number of benzene rings is 4. The van der Waals surface area contributed by atoms with E-state index >= 15 is 0 Å². The molecule has 0 aliphatic carbocycles. The summed E-state index contributed by atoms with van der Waals surface area (Å²) in [6.45, 7) is 3.30. The van der Waals surface area contributed by atoms with Crippen LogP contribution in [0, 0.1) is 13.8 Å². The lowest BCUT2D eigenvalue weighted by Crippen LogP contribution is -1.96. The van der Waals surface area contributed by atoms with Gasteiger partial charge in [-0.1, -0.05) is 65.7 Å². The number of ketones is 2. The van der Waals surface area contributed by atoms with Gasteiger partial charge in [0.1, 0.15) is 11.5 Å². The zero-order valence-corrected chi connectivity index (χ0v) is 23.5. The van der Waals surface area contributed by atoms with E-state index in [0.717, 1.165) is 16.7 Å². The third kappa shape index (κ3) is 9.01. The summed E-state index contributed by atoms with van der Waals surface area (Å²) in [5.74, 6) is -0.406. The van der Waals surface area contributed by atoms with Crippen LogP contribution in [0.15, 0.2) is 91.0 Å². The fraction of sp³-hybridized carbons (Fsp3) is 0.118. The quantitative estimate of drug-likeness (QED) is 0.136. The maximum atomic E-state index is 12.1. The fourth-order valence-electron chi connectivity index (χ4n) is 3.66. The molecule has 0 spiro atoms. The van der Waals surface area contributed by atoms with E-state index in [0.29, 0.717) is 27.3 Å². The normalized spacial score (nSPS) is 11.0. The highest BCUT2D eigenvalue weighted by atomic mass is 35.5. The maximum absolute atomic E-state index is 12.1. The van der Waals surface area contributed by atoms with Gasteiger partial charge in [-0.3, -0.25) is 9.59 Å². The third-order valence-electron chi connectivity index (χ3n) is 6.20. The van der Waals surface area contributed by atoms with Crippen LogP contribution in [0.25, 0.3) is 12.2 Å². The largest absolute Gasteiger partial charge is 0.508 e. The number of carbonyl (C=O) groups is 2. The lowest BCUT2D eigenvalue weighted by Gasteiger charge is -2.03. The van der Waals surface area contributed by atoms with Gasteiger partial charge in [0, 0.05) is 27.3 Å². The van der Waals surface area contributed by atoms with E-state index in [4.69, 9.17) is 21.8 Å². The van der Waals surface area contributed by atoms with Crippen LogP contribution in [0.3, 0.4) is 0 Å². The Labute approximate surface area is 244 Å². The second kappa shape index (κ2) is 14.8. The summed E-state index contributed by atoms with van der Waals surface area (Å²) in [6.07, 6.45) is 6.35.